The second kappa shape index (κ2) is 10.3. The van der Waals surface area contributed by atoms with Crippen LogP contribution >= 0.6 is 24.0 Å². The molecule has 0 radical (unpaired) electrons. The zero-order valence-corrected chi connectivity index (χ0v) is 19.7. The molecule has 0 spiro atoms. The molecule has 0 saturated heterocycles. The van der Waals surface area contributed by atoms with E-state index in [0.29, 0.717) is 18.4 Å². The summed E-state index contributed by atoms with van der Waals surface area (Å²) in [5.74, 6) is 2.90. The third-order valence-corrected chi connectivity index (χ3v) is 5.02. The summed E-state index contributed by atoms with van der Waals surface area (Å²) < 4.78 is 5.84. The summed E-state index contributed by atoms with van der Waals surface area (Å²) in [6.45, 7) is 10.6. The molecule has 5 nitrogen and oxygen atoms in total. The van der Waals surface area contributed by atoms with E-state index in [4.69, 9.17) is 4.42 Å². The number of fused-ring (bicyclic) bond motifs is 1. The third kappa shape index (κ3) is 5.96. The number of aliphatic imine (C=N–C) groups is 1. The summed E-state index contributed by atoms with van der Waals surface area (Å²) in [7, 11) is 0. The van der Waals surface area contributed by atoms with Gasteiger partial charge in [-0.2, -0.15) is 0 Å². The number of rotatable bonds is 5. The van der Waals surface area contributed by atoms with E-state index in [1.165, 1.54) is 30.4 Å². The molecule has 1 aliphatic rings. The van der Waals surface area contributed by atoms with Gasteiger partial charge in [-0.15, -0.1) is 24.0 Å². The van der Waals surface area contributed by atoms with Crippen molar-refractivity contribution in [2.75, 3.05) is 13.1 Å². The Morgan fingerprint density at radius 3 is 2.75 bits per heavy atom. The molecule has 28 heavy (non-hydrogen) atoms. The monoisotopic (exact) mass is 496 g/mol. The number of benzene rings is 1. The first-order valence-corrected chi connectivity index (χ1v) is 10.0. The highest BCUT2D eigenvalue weighted by molar-refractivity contribution is 14.0. The van der Waals surface area contributed by atoms with Crippen LogP contribution in [0.15, 0.2) is 39.9 Å². The Hall–Kier alpha value is -1.57. The van der Waals surface area contributed by atoms with Crippen LogP contribution in [0.3, 0.4) is 0 Å². The van der Waals surface area contributed by atoms with E-state index >= 15 is 0 Å². The number of nitrogens with one attached hydrogen (secondary N) is 2. The maximum Gasteiger partial charge on any atom is 0.216 e. The predicted octanol–water partition coefficient (Wildman–Crippen LogP) is 4.77. The van der Waals surface area contributed by atoms with Gasteiger partial charge in [0.1, 0.15) is 12.3 Å². The molecule has 0 saturated carbocycles. The van der Waals surface area contributed by atoms with Crippen molar-refractivity contribution in [1.82, 2.24) is 15.6 Å². The van der Waals surface area contributed by atoms with Gasteiger partial charge in [-0.1, -0.05) is 45.0 Å². The van der Waals surface area contributed by atoms with Crippen molar-refractivity contribution in [3.05, 3.63) is 53.2 Å². The van der Waals surface area contributed by atoms with Crippen LogP contribution in [0.25, 0.3) is 0 Å². The number of halogens is 1. The second-order valence-corrected chi connectivity index (χ2v) is 8.23. The van der Waals surface area contributed by atoms with Crippen molar-refractivity contribution < 1.29 is 4.42 Å². The predicted molar refractivity (Wildman–Crippen MR) is 126 cm³/mol. The SMILES string of the molecule is CCNC(=NCc1ncc(C(C)(C)C)o1)NCC1CCCc2ccccc21.I. The summed E-state index contributed by atoms with van der Waals surface area (Å²) in [6.07, 6.45) is 5.48. The maximum absolute atomic E-state index is 5.84. The highest BCUT2D eigenvalue weighted by atomic mass is 127. The molecule has 1 atom stereocenters. The minimum atomic E-state index is -0.0356. The number of aryl methyl sites for hydroxylation is 1. The van der Waals surface area contributed by atoms with E-state index < -0.39 is 0 Å². The Morgan fingerprint density at radius 2 is 2.04 bits per heavy atom. The van der Waals surface area contributed by atoms with Crippen molar-refractivity contribution in [1.29, 1.82) is 0 Å². The molecule has 154 valence electrons. The molecule has 6 heteroatoms. The minimum absolute atomic E-state index is 0. The number of nitrogens with zero attached hydrogens (tertiary/aromatic N) is 2. The lowest BCUT2D eigenvalue weighted by molar-refractivity contribution is 0.383. The molecule has 0 aliphatic heterocycles. The molecule has 2 aromatic rings. The van der Waals surface area contributed by atoms with Gasteiger partial charge in [0.25, 0.3) is 0 Å². The number of guanidine groups is 1. The van der Waals surface area contributed by atoms with E-state index in [1.807, 2.05) is 6.20 Å². The standard InChI is InChI=1S/C22H32N4O.HI/c1-5-23-21(26-15-20-24-14-19(27-20)22(2,3)4)25-13-17-11-8-10-16-9-6-7-12-18(16)17;/h6-7,9,12,14,17H,5,8,10-11,13,15H2,1-4H3,(H2,23,25,26);1H. The Bertz CT molecular complexity index is 779. The summed E-state index contributed by atoms with van der Waals surface area (Å²) in [6, 6.07) is 8.82. The average molecular weight is 496 g/mol. The topological polar surface area (TPSA) is 62.5 Å². The molecule has 0 bridgehead atoms. The zero-order chi connectivity index (χ0) is 19.3. The lowest BCUT2D eigenvalue weighted by Crippen LogP contribution is -2.39. The van der Waals surface area contributed by atoms with Crippen molar-refractivity contribution in [3.8, 4) is 0 Å². The van der Waals surface area contributed by atoms with Crippen LogP contribution in [-0.4, -0.2) is 24.0 Å². The first-order chi connectivity index (χ1) is 13.0. The summed E-state index contributed by atoms with van der Waals surface area (Å²) >= 11 is 0. The Morgan fingerprint density at radius 1 is 1.25 bits per heavy atom. The van der Waals surface area contributed by atoms with Crippen molar-refractivity contribution >= 4 is 29.9 Å². The van der Waals surface area contributed by atoms with E-state index in [2.05, 4.69) is 72.6 Å². The molecule has 2 N–H and O–H groups in total. The second-order valence-electron chi connectivity index (χ2n) is 8.23. The lowest BCUT2D eigenvalue weighted by atomic mass is 9.83. The van der Waals surface area contributed by atoms with Crippen LogP contribution in [-0.2, 0) is 18.4 Å². The first-order valence-electron chi connectivity index (χ1n) is 10.0. The fourth-order valence-electron chi connectivity index (χ4n) is 3.50. The molecular weight excluding hydrogens is 463 g/mol. The van der Waals surface area contributed by atoms with Crippen LogP contribution < -0.4 is 10.6 Å². The van der Waals surface area contributed by atoms with Crippen molar-refractivity contribution in [3.63, 3.8) is 0 Å². The van der Waals surface area contributed by atoms with Gasteiger partial charge in [-0.25, -0.2) is 9.98 Å². The fraction of sp³-hybridized carbons (Fsp3) is 0.545. The Balaban J connectivity index is 0.00000280. The molecule has 1 aromatic carbocycles. The first kappa shape index (κ1) is 22.7. The molecule has 1 aliphatic carbocycles. The number of oxazole rings is 1. The van der Waals surface area contributed by atoms with Crippen LogP contribution in [0.2, 0.25) is 0 Å². The average Bonchev–Trinajstić information content (AvgIpc) is 3.13. The van der Waals surface area contributed by atoms with Crippen LogP contribution in [0.1, 0.15) is 69.2 Å². The Kier molecular flexibility index (Phi) is 8.34. The molecular formula is C22H33IN4O. The maximum atomic E-state index is 5.84. The largest absolute Gasteiger partial charge is 0.443 e. The highest BCUT2D eigenvalue weighted by Gasteiger charge is 2.20. The van der Waals surface area contributed by atoms with Gasteiger partial charge >= 0.3 is 0 Å². The van der Waals surface area contributed by atoms with E-state index in [1.54, 1.807) is 0 Å². The van der Waals surface area contributed by atoms with E-state index in [9.17, 15) is 0 Å². The van der Waals surface area contributed by atoms with Crippen molar-refractivity contribution in [2.45, 2.75) is 64.8 Å². The van der Waals surface area contributed by atoms with Gasteiger partial charge in [-0.05, 0) is 37.3 Å². The smallest absolute Gasteiger partial charge is 0.216 e. The molecule has 1 unspecified atom stereocenters. The molecule has 0 amide bonds. The number of aromatic nitrogens is 1. The summed E-state index contributed by atoms with van der Waals surface area (Å²) in [4.78, 5) is 9.02. The van der Waals surface area contributed by atoms with Crippen LogP contribution in [0.4, 0.5) is 0 Å². The highest BCUT2D eigenvalue weighted by Crippen LogP contribution is 2.30. The minimum Gasteiger partial charge on any atom is -0.443 e. The fourth-order valence-corrected chi connectivity index (χ4v) is 3.50. The number of hydrogen-bond donors (Lipinski definition) is 2. The Labute approximate surface area is 185 Å². The molecule has 1 aromatic heterocycles. The molecule has 1 heterocycles. The lowest BCUT2D eigenvalue weighted by Gasteiger charge is -2.26. The number of hydrogen-bond acceptors (Lipinski definition) is 3. The summed E-state index contributed by atoms with van der Waals surface area (Å²) in [5.41, 5.74) is 2.94. The third-order valence-electron chi connectivity index (χ3n) is 5.02. The van der Waals surface area contributed by atoms with Gasteiger partial charge in [0.2, 0.25) is 5.89 Å². The molecule has 3 rings (SSSR count). The van der Waals surface area contributed by atoms with Gasteiger partial charge < -0.3 is 15.1 Å². The summed E-state index contributed by atoms with van der Waals surface area (Å²) in [5, 5.41) is 6.83. The van der Waals surface area contributed by atoms with Gasteiger partial charge in [0, 0.05) is 24.4 Å². The quantitative estimate of drug-likeness (QED) is 0.356. The van der Waals surface area contributed by atoms with E-state index in [0.717, 1.165) is 24.8 Å². The molecule has 0 fully saturated rings. The van der Waals surface area contributed by atoms with Gasteiger partial charge in [-0.3, -0.25) is 0 Å². The van der Waals surface area contributed by atoms with Crippen LogP contribution in [0.5, 0.6) is 0 Å². The van der Waals surface area contributed by atoms with Crippen LogP contribution in [0, 0.1) is 0 Å². The normalized spacial score (nSPS) is 16.9. The zero-order valence-electron chi connectivity index (χ0n) is 17.4. The van der Waals surface area contributed by atoms with Crippen molar-refractivity contribution in [2.24, 2.45) is 4.99 Å². The van der Waals surface area contributed by atoms with Gasteiger partial charge in [0.15, 0.2) is 5.96 Å². The van der Waals surface area contributed by atoms with E-state index in [-0.39, 0.29) is 29.4 Å². The van der Waals surface area contributed by atoms with Gasteiger partial charge in [0.05, 0.1) is 6.20 Å².